The van der Waals surface area contributed by atoms with Crippen LogP contribution in [0.5, 0.6) is 0 Å². The Balaban J connectivity index is 1.57. The zero-order valence-electron chi connectivity index (χ0n) is 12.8. The standard InChI is InChI=1S/C16H19N3O3/c1-11-4-3-5-12(8-11)16(20)19-9-13(10-19)15-17-14(18-22-15)6-7-21-2/h3-5,8,13H,6-7,9-10H2,1-2H3. The predicted octanol–water partition coefficient (Wildman–Crippen LogP) is 1.81. The van der Waals surface area contributed by atoms with Gasteiger partial charge in [0.2, 0.25) is 5.89 Å². The number of likely N-dealkylation sites (tertiary alicyclic amines) is 1. The third-order valence-electron chi connectivity index (χ3n) is 3.80. The van der Waals surface area contributed by atoms with E-state index in [1.165, 1.54) is 0 Å². The van der Waals surface area contributed by atoms with E-state index in [9.17, 15) is 4.79 Å². The molecule has 1 aromatic carbocycles. The first-order chi connectivity index (χ1) is 10.7. The van der Waals surface area contributed by atoms with Crippen molar-refractivity contribution in [2.24, 2.45) is 0 Å². The Morgan fingerprint density at radius 3 is 3.00 bits per heavy atom. The molecule has 0 atom stereocenters. The van der Waals surface area contributed by atoms with E-state index < -0.39 is 0 Å². The number of hydrogen-bond donors (Lipinski definition) is 0. The second-order valence-corrected chi connectivity index (χ2v) is 5.57. The van der Waals surface area contributed by atoms with E-state index in [1.807, 2.05) is 31.2 Å². The summed E-state index contributed by atoms with van der Waals surface area (Å²) in [6.07, 6.45) is 0.638. The van der Waals surface area contributed by atoms with Gasteiger partial charge in [0.05, 0.1) is 12.5 Å². The van der Waals surface area contributed by atoms with Gasteiger partial charge >= 0.3 is 0 Å². The molecular formula is C16H19N3O3. The molecule has 22 heavy (non-hydrogen) atoms. The normalized spacial score (nSPS) is 14.9. The van der Waals surface area contributed by atoms with Crippen LogP contribution in [0, 0.1) is 6.92 Å². The lowest BCUT2D eigenvalue weighted by molar-refractivity contribution is 0.0569. The van der Waals surface area contributed by atoms with Crippen LogP contribution in [-0.2, 0) is 11.2 Å². The molecule has 3 rings (SSSR count). The van der Waals surface area contributed by atoms with Crippen LogP contribution in [0.15, 0.2) is 28.8 Å². The fourth-order valence-electron chi connectivity index (χ4n) is 2.49. The molecule has 0 unspecified atom stereocenters. The molecule has 116 valence electrons. The topological polar surface area (TPSA) is 68.5 Å². The summed E-state index contributed by atoms with van der Waals surface area (Å²) >= 11 is 0. The molecule has 0 aliphatic carbocycles. The molecular weight excluding hydrogens is 282 g/mol. The monoisotopic (exact) mass is 301 g/mol. The molecule has 1 aliphatic rings. The van der Waals surface area contributed by atoms with Crippen molar-refractivity contribution in [2.75, 3.05) is 26.8 Å². The molecule has 1 amide bonds. The van der Waals surface area contributed by atoms with Gasteiger partial charge in [-0.05, 0) is 19.1 Å². The number of benzene rings is 1. The van der Waals surface area contributed by atoms with E-state index in [-0.39, 0.29) is 11.8 Å². The van der Waals surface area contributed by atoms with E-state index in [1.54, 1.807) is 12.0 Å². The maximum Gasteiger partial charge on any atom is 0.253 e. The van der Waals surface area contributed by atoms with E-state index >= 15 is 0 Å². The Morgan fingerprint density at radius 2 is 2.27 bits per heavy atom. The Kier molecular flexibility index (Phi) is 4.20. The largest absolute Gasteiger partial charge is 0.384 e. The van der Waals surface area contributed by atoms with Gasteiger partial charge in [-0.1, -0.05) is 22.9 Å². The molecule has 0 spiro atoms. The van der Waals surface area contributed by atoms with Crippen molar-refractivity contribution in [3.05, 3.63) is 47.1 Å². The van der Waals surface area contributed by atoms with Crippen molar-refractivity contribution in [1.82, 2.24) is 15.0 Å². The molecule has 0 bridgehead atoms. The molecule has 1 aromatic heterocycles. The summed E-state index contributed by atoms with van der Waals surface area (Å²) < 4.78 is 10.3. The van der Waals surface area contributed by atoms with E-state index in [2.05, 4.69) is 10.1 Å². The van der Waals surface area contributed by atoms with Gasteiger partial charge in [0.1, 0.15) is 0 Å². The molecule has 0 N–H and O–H groups in total. The van der Waals surface area contributed by atoms with E-state index in [0.717, 1.165) is 11.1 Å². The number of aryl methyl sites for hydroxylation is 1. The van der Waals surface area contributed by atoms with Crippen LogP contribution in [0.3, 0.4) is 0 Å². The molecule has 2 aromatic rings. The third-order valence-corrected chi connectivity index (χ3v) is 3.80. The number of amides is 1. The lowest BCUT2D eigenvalue weighted by Gasteiger charge is -2.37. The highest BCUT2D eigenvalue weighted by atomic mass is 16.5. The highest BCUT2D eigenvalue weighted by Crippen LogP contribution is 2.27. The number of methoxy groups -OCH3 is 1. The molecule has 0 radical (unpaired) electrons. The summed E-state index contributed by atoms with van der Waals surface area (Å²) in [7, 11) is 1.64. The average molecular weight is 301 g/mol. The minimum absolute atomic E-state index is 0.0547. The fraction of sp³-hybridized carbons (Fsp3) is 0.438. The van der Waals surface area contributed by atoms with Crippen molar-refractivity contribution < 1.29 is 14.1 Å². The molecule has 6 nitrogen and oxygen atoms in total. The van der Waals surface area contributed by atoms with E-state index in [0.29, 0.717) is 37.8 Å². The summed E-state index contributed by atoms with van der Waals surface area (Å²) in [4.78, 5) is 18.5. The van der Waals surface area contributed by atoms with Gasteiger partial charge in [-0.2, -0.15) is 4.98 Å². The van der Waals surface area contributed by atoms with Crippen LogP contribution < -0.4 is 0 Å². The zero-order chi connectivity index (χ0) is 15.5. The molecule has 1 aliphatic heterocycles. The molecule has 0 saturated carbocycles. The van der Waals surface area contributed by atoms with E-state index in [4.69, 9.17) is 9.26 Å². The van der Waals surface area contributed by atoms with Gasteiger partial charge in [-0.25, -0.2) is 0 Å². The van der Waals surface area contributed by atoms with Crippen LogP contribution in [0.2, 0.25) is 0 Å². The van der Waals surface area contributed by atoms with Gasteiger partial charge in [-0.15, -0.1) is 0 Å². The first kappa shape index (κ1) is 14.7. The SMILES string of the molecule is COCCc1noc(C2CN(C(=O)c3cccc(C)c3)C2)n1. The maximum absolute atomic E-state index is 12.3. The van der Waals surface area contributed by atoms with Crippen molar-refractivity contribution >= 4 is 5.91 Å². The summed E-state index contributed by atoms with van der Waals surface area (Å²) in [5.41, 5.74) is 1.81. The van der Waals surface area contributed by atoms with Crippen molar-refractivity contribution in [3.63, 3.8) is 0 Å². The molecule has 6 heteroatoms. The number of hydrogen-bond acceptors (Lipinski definition) is 5. The number of aromatic nitrogens is 2. The summed E-state index contributed by atoms with van der Waals surface area (Å²) in [5, 5.41) is 3.93. The summed E-state index contributed by atoms with van der Waals surface area (Å²) in [6.45, 7) is 3.80. The number of rotatable bonds is 5. The highest BCUT2D eigenvalue weighted by molar-refractivity contribution is 5.95. The van der Waals surface area contributed by atoms with Gasteiger partial charge in [0.15, 0.2) is 5.82 Å². The first-order valence-corrected chi connectivity index (χ1v) is 7.34. The number of nitrogens with zero attached hydrogens (tertiary/aromatic N) is 3. The minimum Gasteiger partial charge on any atom is -0.384 e. The Morgan fingerprint density at radius 1 is 1.45 bits per heavy atom. The van der Waals surface area contributed by atoms with Crippen LogP contribution in [0.4, 0.5) is 0 Å². The van der Waals surface area contributed by atoms with Gasteiger partial charge in [0, 0.05) is 32.2 Å². The fourth-order valence-corrected chi connectivity index (χ4v) is 2.49. The van der Waals surface area contributed by atoms with Crippen molar-refractivity contribution in [1.29, 1.82) is 0 Å². The van der Waals surface area contributed by atoms with Gasteiger partial charge in [0.25, 0.3) is 5.91 Å². The van der Waals surface area contributed by atoms with Crippen LogP contribution >= 0.6 is 0 Å². The lowest BCUT2D eigenvalue weighted by Crippen LogP contribution is -2.48. The lowest BCUT2D eigenvalue weighted by atomic mass is 9.98. The van der Waals surface area contributed by atoms with Crippen LogP contribution in [0.1, 0.15) is 33.6 Å². The van der Waals surface area contributed by atoms with Gasteiger partial charge in [-0.3, -0.25) is 4.79 Å². The Bertz CT molecular complexity index is 662. The predicted molar refractivity (Wildman–Crippen MR) is 79.7 cm³/mol. The molecule has 2 heterocycles. The Labute approximate surface area is 129 Å². The maximum atomic E-state index is 12.3. The number of carbonyl (C=O) groups excluding carboxylic acids is 1. The molecule has 1 fully saturated rings. The second-order valence-electron chi connectivity index (χ2n) is 5.57. The first-order valence-electron chi connectivity index (χ1n) is 7.34. The second kappa shape index (κ2) is 6.27. The quantitative estimate of drug-likeness (QED) is 0.842. The van der Waals surface area contributed by atoms with Crippen LogP contribution in [0.25, 0.3) is 0 Å². The Hall–Kier alpha value is -2.21. The summed E-state index contributed by atoms with van der Waals surface area (Å²) in [5.74, 6) is 1.45. The minimum atomic E-state index is 0.0547. The summed E-state index contributed by atoms with van der Waals surface area (Å²) in [6, 6.07) is 7.64. The smallest absolute Gasteiger partial charge is 0.253 e. The number of ether oxygens (including phenoxy) is 1. The van der Waals surface area contributed by atoms with Gasteiger partial charge < -0.3 is 14.2 Å². The van der Waals surface area contributed by atoms with Crippen molar-refractivity contribution in [3.8, 4) is 0 Å². The molecule has 1 saturated heterocycles. The average Bonchev–Trinajstić information content (AvgIpc) is 2.92. The highest BCUT2D eigenvalue weighted by Gasteiger charge is 2.35. The third kappa shape index (κ3) is 3.01. The zero-order valence-corrected chi connectivity index (χ0v) is 12.8. The van der Waals surface area contributed by atoms with Crippen LogP contribution in [-0.4, -0.2) is 47.8 Å². The number of carbonyl (C=O) groups is 1. The van der Waals surface area contributed by atoms with Crippen molar-refractivity contribution in [2.45, 2.75) is 19.3 Å².